The van der Waals surface area contributed by atoms with E-state index in [0.29, 0.717) is 6.54 Å². The molecule has 4 heteroatoms. The minimum absolute atomic E-state index is 0.0799. The van der Waals surface area contributed by atoms with E-state index in [1.165, 1.54) is 16.7 Å². The Labute approximate surface area is 162 Å². The minimum atomic E-state index is 0.0799. The predicted octanol–water partition coefficient (Wildman–Crippen LogP) is 4.37. The summed E-state index contributed by atoms with van der Waals surface area (Å²) in [6, 6.07) is 20.7. The maximum absolute atomic E-state index is 12.4. The minimum Gasteiger partial charge on any atom is -0.315 e. The summed E-state index contributed by atoms with van der Waals surface area (Å²) in [6.45, 7) is 3.44. The molecule has 0 bridgehead atoms. The van der Waals surface area contributed by atoms with Crippen LogP contribution in [0.1, 0.15) is 22.3 Å². The topological polar surface area (TPSA) is 25.2 Å². The van der Waals surface area contributed by atoms with Crippen molar-refractivity contribution in [3.05, 3.63) is 104 Å². The molecule has 1 aromatic heterocycles. The molecule has 2 heterocycles. The van der Waals surface area contributed by atoms with Crippen LogP contribution >= 0.6 is 15.9 Å². The first-order valence-electron chi connectivity index (χ1n) is 8.90. The van der Waals surface area contributed by atoms with Gasteiger partial charge in [-0.05, 0) is 46.9 Å². The zero-order chi connectivity index (χ0) is 17.9. The molecular formula is C22H21BrN2O. The summed E-state index contributed by atoms with van der Waals surface area (Å²) < 4.78 is 2.87. The Balaban J connectivity index is 1.39. The quantitative estimate of drug-likeness (QED) is 0.626. The Hall–Kier alpha value is -2.17. The lowest BCUT2D eigenvalue weighted by Crippen LogP contribution is -2.22. The Morgan fingerprint density at radius 2 is 1.58 bits per heavy atom. The second kappa shape index (κ2) is 7.60. The lowest BCUT2D eigenvalue weighted by molar-refractivity contribution is 0.275. The van der Waals surface area contributed by atoms with E-state index >= 15 is 0 Å². The summed E-state index contributed by atoms with van der Waals surface area (Å²) in [5.41, 5.74) is 5.20. The number of pyridine rings is 1. The fourth-order valence-corrected chi connectivity index (χ4v) is 3.77. The van der Waals surface area contributed by atoms with Crippen molar-refractivity contribution in [2.75, 3.05) is 0 Å². The average Bonchev–Trinajstić information content (AvgIpc) is 3.04. The summed E-state index contributed by atoms with van der Waals surface area (Å²) in [4.78, 5) is 14.8. The van der Waals surface area contributed by atoms with E-state index in [2.05, 4.69) is 63.3 Å². The van der Waals surface area contributed by atoms with Gasteiger partial charge in [-0.2, -0.15) is 0 Å². The molecule has 3 nitrogen and oxygen atoms in total. The zero-order valence-corrected chi connectivity index (χ0v) is 16.2. The molecule has 0 aliphatic carbocycles. The van der Waals surface area contributed by atoms with Gasteiger partial charge < -0.3 is 4.57 Å². The molecule has 0 N–H and O–H groups in total. The number of fused-ring (bicyclic) bond motifs is 1. The van der Waals surface area contributed by atoms with Crippen molar-refractivity contribution in [2.45, 2.75) is 32.6 Å². The van der Waals surface area contributed by atoms with Gasteiger partial charge in [0.15, 0.2) is 0 Å². The molecule has 26 heavy (non-hydrogen) atoms. The Morgan fingerprint density at radius 3 is 2.23 bits per heavy atom. The number of rotatable bonds is 5. The van der Waals surface area contributed by atoms with Crippen molar-refractivity contribution in [3.8, 4) is 0 Å². The zero-order valence-electron chi connectivity index (χ0n) is 14.6. The fourth-order valence-electron chi connectivity index (χ4n) is 3.51. The number of hydrogen-bond donors (Lipinski definition) is 0. The molecule has 1 aliphatic heterocycles. The highest BCUT2D eigenvalue weighted by molar-refractivity contribution is 9.10. The standard InChI is InChI=1S/C22H21BrN2O/c23-21-7-5-17(6-8-21)9-11-25-12-10-18(13-22(25)26)14-24-15-19-3-1-2-4-20(19)16-24/h1-8,10,12-13H,9,11,14-16H2. The summed E-state index contributed by atoms with van der Waals surface area (Å²) in [7, 11) is 0. The third-order valence-electron chi connectivity index (χ3n) is 4.93. The Bertz CT molecular complexity index is 937. The smallest absolute Gasteiger partial charge is 0.250 e. The van der Waals surface area contributed by atoms with E-state index in [1.54, 1.807) is 10.6 Å². The number of hydrogen-bond acceptors (Lipinski definition) is 2. The van der Waals surface area contributed by atoms with Gasteiger partial charge in [0, 0.05) is 42.9 Å². The molecule has 1 aliphatic rings. The predicted molar refractivity (Wildman–Crippen MR) is 108 cm³/mol. The molecule has 0 amide bonds. The molecule has 3 aromatic rings. The number of halogens is 1. The maximum Gasteiger partial charge on any atom is 0.250 e. The van der Waals surface area contributed by atoms with Crippen molar-refractivity contribution in [1.29, 1.82) is 0 Å². The lowest BCUT2D eigenvalue weighted by atomic mass is 10.1. The Morgan fingerprint density at radius 1 is 0.885 bits per heavy atom. The first-order chi connectivity index (χ1) is 12.7. The van der Waals surface area contributed by atoms with E-state index in [4.69, 9.17) is 0 Å². The van der Waals surface area contributed by atoms with Crippen LogP contribution in [0.5, 0.6) is 0 Å². The molecule has 0 spiro atoms. The lowest BCUT2D eigenvalue weighted by Gasteiger charge is -2.15. The van der Waals surface area contributed by atoms with Crippen LogP contribution in [-0.2, 0) is 32.6 Å². The largest absolute Gasteiger partial charge is 0.315 e. The molecule has 0 fully saturated rings. The van der Waals surface area contributed by atoms with Crippen molar-refractivity contribution >= 4 is 15.9 Å². The second-order valence-corrected chi connectivity index (χ2v) is 7.77. The highest BCUT2D eigenvalue weighted by Crippen LogP contribution is 2.23. The molecule has 0 radical (unpaired) electrons. The summed E-state index contributed by atoms with van der Waals surface area (Å²) in [6.07, 6.45) is 2.79. The second-order valence-electron chi connectivity index (χ2n) is 6.86. The normalized spacial score (nSPS) is 13.7. The molecular weight excluding hydrogens is 388 g/mol. The molecule has 132 valence electrons. The number of benzene rings is 2. The van der Waals surface area contributed by atoms with E-state index in [1.807, 2.05) is 18.3 Å². The van der Waals surface area contributed by atoms with Gasteiger partial charge >= 0.3 is 0 Å². The van der Waals surface area contributed by atoms with Crippen LogP contribution in [0.4, 0.5) is 0 Å². The van der Waals surface area contributed by atoms with Gasteiger partial charge in [0.1, 0.15) is 0 Å². The van der Waals surface area contributed by atoms with Gasteiger partial charge in [0.2, 0.25) is 0 Å². The highest BCUT2D eigenvalue weighted by Gasteiger charge is 2.18. The van der Waals surface area contributed by atoms with Gasteiger partial charge in [-0.25, -0.2) is 0 Å². The molecule has 4 rings (SSSR count). The van der Waals surface area contributed by atoms with Crippen LogP contribution in [0, 0.1) is 0 Å². The van der Waals surface area contributed by atoms with Crippen molar-refractivity contribution in [3.63, 3.8) is 0 Å². The van der Waals surface area contributed by atoms with Crippen LogP contribution in [0.2, 0.25) is 0 Å². The van der Waals surface area contributed by atoms with E-state index in [0.717, 1.165) is 36.1 Å². The van der Waals surface area contributed by atoms with Gasteiger partial charge in [-0.15, -0.1) is 0 Å². The van der Waals surface area contributed by atoms with E-state index in [-0.39, 0.29) is 5.56 Å². The van der Waals surface area contributed by atoms with Crippen molar-refractivity contribution in [1.82, 2.24) is 9.47 Å². The summed E-state index contributed by atoms with van der Waals surface area (Å²) in [5, 5.41) is 0. The Kier molecular flexibility index (Phi) is 5.05. The van der Waals surface area contributed by atoms with Gasteiger partial charge in [0.25, 0.3) is 5.56 Å². The SMILES string of the molecule is O=c1cc(CN2Cc3ccccc3C2)ccn1CCc1ccc(Br)cc1. The first-order valence-corrected chi connectivity index (χ1v) is 9.70. The van der Waals surface area contributed by atoms with Gasteiger partial charge in [-0.1, -0.05) is 52.3 Å². The number of nitrogens with zero attached hydrogens (tertiary/aromatic N) is 2. The van der Waals surface area contributed by atoms with E-state index in [9.17, 15) is 4.79 Å². The van der Waals surface area contributed by atoms with Crippen LogP contribution in [-0.4, -0.2) is 9.47 Å². The number of aromatic nitrogens is 1. The molecule has 0 saturated heterocycles. The van der Waals surface area contributed by atoms with Gasteiger partial charge in [-0.3, -0.25) is 9.69 Å². The van der Waals surface area contributed by atoms with Crippen molar-refractivity contribution in [2.24, 2.45) is 0 Å². The monoisotopic (exact) mass is 408 g/mol. The van der Waals surface area contributed by atoms with Crippen molar-refractivity contribution < 1.29 is 0 Å². The van der Waals surface area contributed by atoms with Crippen LogP contribution in [0.25, 0.3) is 0 Å². The molecule has 0 saturated carbocycles. The third-order valence-corrected chi connectivity index (χ3v) is 5.46. The van der Waals surface area contributed by atoms with Crippen LogP contribution < -0.4 is 5.56 Å². The molecule has 2 aromatic carbocycles. The molecule has 0 unspecified atom stereocenters. The fraction of sp³-hybridized carbons (Fsp3) is 0.227. The van der Waals surface area contributed by atoms with Crippen LogP contribution in [0.3, 0.4) is 0 Å². The highest BCUT2D eigenvalue weighted by atomic mass is 79.9. The average molecular weight is 409 g/mol. The summed E-state index contributed by atoms with van der Waals surface area (Å²) in [5.74, 6) is 0. The first kappa shape index (κ1) is 17.3. The van der Waals surface area contributed by atoms with E-state index < -0.39 is 0 Å². The van der Waals surface area contributed by atoms with Crippen LogP contribution in [0.15, 0.2) is 76.1 Å². The maximum atomic E-state index is 12.4. The summed E-state index contributed by atoms with van der Waals surface area (Å²) >= 11 is 3.45. The number of aryl methyl sites for hydroxylation is 2. The third kappa shape index (κ3) is 3.97. The molecule has 0 atom stereocenters. The van der Waals surface area contributed by atoms with Gasteiger partial charge in [0.05, 0.1) is 0 Å².